The maximum absolute atomic E-state index is 5.47. The first-order valence-electron chi connectivity index (χ1n) is 10.1. The molecule has 1 N–H and O–H groups in total. The van der Waals surface area contributed by atoms with Crippen LogP contribution < -0.4 is 10.2 Å². The van der Waals surface area contributed by atoms with E-state index in [0.29, 0.717) is 18.3 Å². The van der Waals surface area contributed by atoms with Gasteiger partial charge in [-0.3, -0.25) is 0 Å². The van der Waals surface area contributed by atoms with Crippen molar-refractivity contribution in [3.8, 4) is 22.6 Å². The fourth-order valence-corrected chi connectivity index (χ4v) is 3.28. The summed E-state index contributed by atoms with van der Waals surface area (Å²) in [6.07, 6.45) is 4.47. The number of rotatable bonds is 8. The normalized spacial score (nSPS) is 14.1. The van der Waals surface area contributed by atoms with Gasteiger partial charge in [-0.05, 0) is 25.5 Å². The smallest absolute Gasteiger partial charge is 0.223 e. The molecule has 1 saturated heterocycles. The Kier molecular flexibility index (Phi) is 6.50. The summed E-state index contributed by atoms with van der Waals surface area (Å²) in [7, 11) is 1.69. The number of aromatic nitrogens is 4. The largest absolute Gasteiger partial charge is 0.385 e. The molecular formula is C21H26N6O3. The Bertz CT molecular complexity index is 954. The first kappa shape index (κ1) is 20.2. The van der Waals surface area contributed by atoms with Gasteiger partial charge in [0.25, 0.3) is 0 Å². The van der Waals surface area contributed by atoms with Crippen LogP contribution in [0.3, 0.4) is 0 Å². The summed E-state index contributed by atoms with van der Waals surface area (Å²) >= 11 is 0. The van der Waals surface area contributed by atoms with Crippen LogP contribution in [0.1, 0.15) is 12.1 Å². The van der Waals surface area contributed by atoms with Gasteiger partial charge in [0, 0.05) is 57.4 Å². The highest BCUT2D eigenvalue weighted by Crippen LogP contribution is 2.31. The van der Waals surface area contributed by atoms with Crippen molar-refractivity contribution >= 4 is 11.8 Å². The van der Waals surface area contributed by atoms with Crippen molar-refractivity contribution in [3.05, 3.63) is 36.3 Å². The molecule has 0 saturated carbocycles. The zero-order valence-corrected chi connectivity index (χ0v) is 17.3. The number of anilines is 2. The quantitative estimate of drug-likeness (QED) is 0.562. The number of pyridine rings is 1. The van der Waals surface area contributed by atoms with Gasteiger partial charge in [-0.25, -0.2) is 15.0 Å². The third-order valence-electron chi connectivity index (χ3n) is 4.85. The molecule has 1 fully saturated rings. The van der Waals surface area contributed by atoms with E-state index >= 15 is 0 Å². The lowest BCUT2D eigenvalue weighted by molar-refractivity contribution is 0.122. The third-order valence-corrected chi connectivity index (χ3v) is 4.85. The Hall–Kier alpha value is -3.04. The molecule has 3 aromatic heterocycles. The first-order valence-corrected chi connectivity index (χ1v) is 10.1. The van der Waals surface area contributed by atoms with Crippen LogP contribution in [0.15, 0.2) is 35.1 Å². The fraction of sp³-hybridized carbons (Fsp3) is 0.429. The minimum absolute atomic E-state index is 0.554. The van der Waals surface area contributed by atoms with E-state index in [1.54, 1.807) is 13.3 Å². The Morgan fingerprint density at radius 3 is 2.73 bits per heavy atom. The van der Waals surface area contributed by atoms with Crippen LogP contribution in [-0.4, -0.2) is 66.7 Å². The number of nitrogens with one attached hydrogen (secondary N) is 1. The Morgan fingerprint density at radius 1 is 1.17 bits per heavy atom. The monoisotopic (exact) mass is 410 g/mol. The van der Waals surface area contributed by atoms with Gasteiger partial charge < -0.3 is 24.2 Å². The van der Waals surface area contributed by atoms with E-state index in [4.69, 9.17) is 19.0 Å². The lowest BCUT2D eigenvalue weighted by Crippen LogP contribution is -2.36. The van der Waals surface area contributed by atoms with Gasteiger partial charge >= 0.3 is 0 Å². The van der Waals surface area contributed by atoms with Gasteiger partial charge in [0.05, 0.1) is 30.2 Å². The lowest BCUT2D eigenvalue weighted by Gasteiger charge is -2.27. The van der Waals surface area contributed by atoms with Crippen LogP contribution in [-0.2, 0) is 9.47 Å². The highest BCUT2D eigenvalue weighted by Gasteiger charge is 2.17. The zero-order valence-electron chi connectivity index (χ0n) is 17.3. The molecule has 30 heavy (non-hydrogen) atoms. The molecular weight excluding hydrogens is 384 g/mol. The summed E-state index contributed by atoms with van der Waals surface area (Å²) in [5, 5.41) is 7.25. The van der Waals surface area contributed by atoms with E-state index in [2.05, 4.69) is 25.3 Å². The summed E-state index contributed by atoms with van der Waals surface area (Å²) in [4.78, 5) is 16.1. The number of ether oxygens (including phenoxy) is 2. The van der Waals surface area contributed by atoms with Gasteiger partial charge in [0.1, 0.15) is 5.82 Å². The molecule has 0 aliphatic carbocycles. The molecule has 0 unspecified atom stereocenters. The molecule has 0 bridgehead atoms. The van der Waals surface area contributed by atoms with E-state index in [1.807, 2.05) is 31.3 Å². The second-order valence-corrected chi connectivity index (χ2v) is 7.07. The fourth-order valence-electron chi connectivity index (χ4n) is 3.28. The summed E-state index contributed by atoms with van der Waals surface area (Å²) in [5.74, 6) is 2.12. The number of hydrogen-bond donors (Lipinski definition) is 1. The van der Waals surface area contributed by atoms with Gasteiger partial charge in [0.2, 0.25) is 5.95 Å². The number of morpholine rings is 1. The van der Waals surface area contributed by atoms with E-state index in [-0.39, 0.29) is 0 Å². The summed E-state index contributed by atoms with van der Waals surface area (Å²) in [5.41, 5.74) is 3.22. The van der Waals surface area contributed by atoms with Crippen LogP contribution >= 0.6 is 0 Å². The van der Waals surface area contributed by atoms with Crippen LogP contribution in [0, 0.1) is 6.92 Å². The van der Waals surface area contributed by atoms with E-state index in [9.17, 15) is 0 Å². The van der Waals surface area contributed by atoms with Crippen LogP contribution in [0.25, 0.3) is 22.6 Å². The lowest BCUT2D eigenvalue weighted by atomic mass is 10.1. The van der Waals surface area contributed by atoms with Gasteiger partial charge in [-0.1, -0.05) is 5.16 Å². The van der Waals surface area contributed by atoms with Crippen molar-refractivity contribution in [1.29, 1.82) is 0 Å². The average Bonchev–Trinajstić information content (AvgIpc) is 3.23. The molecule has 3 aromatic rings. The summed E-state index contributed by atoms with van der Waals surface area (Å²) in [6, 6.07) is 5.93. The predicted molar refractivity (Wildman–Crippen MR) is 114 cm³/mol. The minimum Gasteiger partial charge on any atom is -0.385 e. The van der Waals surface area contributed by atoms with Crippen molar-refractivity contribution in [1.82, 2.24) is 20.1 Å². The van der Waals surface area contributed by atoms with Crippen LogP contribution in [0.4, 0.5) is 11.8 Å². The van der Waals surface area contributed by atoms with E-state index < -0.39 is 0 Å². The molecule has 4 rings (SSSR count). The average molecular weight is 410 g/mol. The second-order valence-electron chi connectivity index (χ2n) is 7.07. The minimum atomic E-state index is 0.554. The zero-order chi connectivity index (χ0) is 20.8. The molecule has 0 atom stereocenters. The standard InChI is InChI=1S/C21H26N6O3/c1-15-12-18(30-26-15)17-14-24-21(22-6-3-9-28-2)25-20(17)16-4-5-19(23-13-16)27-7-10-29-11-8-27/h4-5,12-14H,3,6-11H2,1-2H3,(H,22,24,25). The molecule has 1 aliphatic heterocycles. The maximum Gasteiger partial charge on any atom is 0.223 e. The van der Waals surface area contributed by atoms with Crippen LogP contribution in [0.2, 0.25) is 0 Å². The van der Waals surface area contributed by atoms with Crippen molar-refractivity contribution in [3.63, 3.8) is 0 Å². The number of methoxy groups -OCH3 is 1. The van der Waals surface area contributed by atoms with Crippen molar-refractivity contribution in [2.75, 3.05) is 56.8 Å². The highest BCUT2D eigenvalue weighted by atomic mass is 16.5. The second kappa shape index (κ2) is 9.64. The van der Waals surface area contributed by atoms with Crippen molar-refractivity contribution < 1.29 is 14.0 Å². The van der Waals surface area contributed by atoms with E-state index in [0.717, 1.165) is 67.6 Å². The topological polar surface area (TPSA) is 98.4 Å². The predicted octanol–water partition coefficient (Wildman–Crippen LogP) is 2.79. The van der Waals surface area contributed by atoms with Crippen LogP contribution in [0.5, 0.6) is 0 Å². The molecule has 1 aliphatic rings. The Balaban J connectivity index is 1.62. The molecule has 0 aromatic carbocycles. The third kappa shape index (κ3) is 4.74. The summed E-state index contributed by atoms with van der Waals surface area (Å²) < 4.78 is 16.0. The molecule has 0 spiro atoms. The summed E-state index contributed by atoms with van der Waals surface area (Å²) in [6.45, 7) is 6.43. The van der Waals surface area contributed by atoms with Gasteiger partial charge in [0.15, 0.2) is 5.76 Å². The molecule has 9 heteroatoms. The molecule has 0 amide bonds. The SMILES string of the molecule is COCCCNc1ncc(-c2cc(C)no2)c(-c2ccc(N3CCOCC3)nc2)n1. The molecule has 158 valence electrons. The highest BCUT2D eigenvalue weighted by molar-refractivity contribution is 5.78. The Morgan fingerprint density at radius 2 is 2.03 bits per heavy atom. The molecule has 4 heterocycles. The van der Waals surface area contributed by atoms with Gasteiger partial charge in [-0.15, -0.1) is 0 Å². The van der Waals surface area contributed by atoms with Gasteiger partial charge in [-0.2, -0.15) is 0 Å². The van der Waals surface area contributed by atoms with Crippen molar-refractivity contribution in [2.45, 2.75) is 13.3 Å². The first-order chi connectivity index (χ1) is 14.7. The Labute approximate surface area is 175 Å². The molecule has 9 nitrogen and oxygen atoms in total. The molecule has 0 radical (unpaired) electrons. The maximum atomic E-state index is 5.47. The number of nitrogens with zero attached hydrogens (tertiary/aromatic N) is 5. The van der Waals surface area contributed by atoms with Crippen molar-refractivity contribution in [2.24, 2.45) is 0 Å². The van der Waals surface area contributed by atoms with E-state index in [1.165, 1.54) is 0 Å². The number of aryl methyl sites for hydroxylation is 1. The number of hydrogen-bond acceptors (Lipinski definition) is 9.